The summed E-state index contributed by atoms with van der Waals surface area (Å²) in [7, 11) is 0. The van der Waals surface area contributed by atoms with Gasteiger partial charge >= 0.3 is 5.97 Å². The van der Waals surface area contributed by atoms with Crippen molar-refractivity contribution in [2.75, 3.05) is 5.32 Å². The molecule has 6 heteroatoms. The number of fused-ring (bicyclic) bond motifs is 2. The molecule has 1 aliphatic heterocycles. The van der Waals surface area contributed by atoms with Crippen molar-refractivity contribution in [2.24, 2.45) is 5.41 Å². The fourth-order valence-corrected chi connectivity index (χ4v) is 3.27. The maximum Gasteiger partial charge on any atom is 0.340 e. The number of ketones is 1. The van der Waals surface area contributed by atoms with Gasteiger partial charge in [-0.2, -0.15) is 0 Å². The van der Waals surface area contributed by atoms with Crippen LogP contribution >= 0.6 is 0 Å². The Balaban J connectivity index is 1.63. The van der Waals surface area contributed by atoms with Crippen molar-refractivity contribution < 1.29 is 14.3 Å². The van der Waals surface area contributed by atoms with E-state index >= 15 is 0 Å². The zero-order valence-electron chi connectivity index (χ0n) is 13.5. The number of Topliss-reactive ketones (excluding diaryl/α,β-unsaturated/α-hetero) is 1. The normalized spacial score (nSPS) is 21.0. The van der Waals surface area contributed by atoms with Gasteiger partial charge in [-0.3, -0.25) is 4.79 Å². The van der Waals surface area contributed by atoms with Crippen LogP contribution in [0.1, 0.15) is 58.5 Å². The molecule has 122 valence electrons. The summed E-state index contributed by atoms with van der Waals surface area (Å²) >= 11 is 0. The first kappa shape index (κ1) is 14.8. The van der Waals surface area contributed by atoms with E-state index in [4.69, 9.17) is 4.74 Å². The van der Waals surface area contributed by atoms with E-state index in [9.17, 15) is 9.59 Å². The van der Waals surface area contributed by atoms with Gasteiger partial charge in [-0.15, -0.1) is 0 Å². The highest BCUT2D eigenvalue weighted by Gasteiger charge is 2.34. The van der Waals surface area contributed by atoms with Gasteiger partial charge in [0.25, 0.3) is 0 Å². The minimum absolute atomic E-state index is 0.0745. The van der Waals surface area contributed by atoms with E-state index < -0.39 is 6.23 Å². The van der Waals surface area contributed by atoms with Crippen molar-refractivity contribution in [2.45, 2.75) is 32.9 Å². The van der Waals surface area contributed by atoms with Crippen molar-refractivity contribution >= 4 is 17.7 Å². The molecule has 0 fully saturated rings. The molecule has 1 N–H and O–H groups in total. The number of nitrogens with one attached hydrogen (secondary N) is 1. The van der Waals surface area contributed by atoms with Crippen LogP contribution in [0.5, 0.6) is 0 Å². The lowest BCUT2D eigenvalue weighted by Gasteiger charge is -2.29. The second kappa shape index (κ2) is 5.12. The molecule has 2 heterocycles. The summed E-state index contributed by atoms with van der Waals surface area (Å²) in [6, 6.07) is 7.22. The lowest BCUT2D eigenvalue weighted by atomic mass is 9.76. The number of carbonyl (C=O) groups is 2. The van der Waals surface area contributed by atoms with Gasteiger partial charge in [0.2, 0.25) is 12.2 Å². The third-order valence-electron chi connectivity index (χ3n) is 4.40. The standard InChI is InChI=1S/C18H17N3O3/c1-18(2)7-13-12(14(22)8-18)9-19-17(20-13)21-15-10-5-3-4-6-11(10)16(23)24-15/h3-6,9,15H,7-8H2,1-2H3,(H,19,20,21). The Kier molecular flexibility index (Phi) is 3.16. The molecule has 0 saturated heterocycles. The number of esters is 1. The van der Waals surface area contributed by atoms with Crippen molar-refractivity contribution in [3.05, 3.63) is 52.8 Å². The number of rotatable bonds is 2. The fraction of sp³-hybridized carbons (Fsp3) is 0.333. The molecule has 0 radical (unpaired) electrons. The van der Waals surface area contributed by atoms with Crippen molar-refractivity contribution in [3.63, 3.8) is 0 Å². The molecule has 0 amide bonds. The Labute approximate surface area is 139 Å². The lowest BCUT2D eigenvalue weighted by Crippen LogP contribution is -2.28. The first-order valence-corrected chi connectivity index (χ1v) is 7.88. The van der Waals surface area contributed by atoms with E-state index in [-0.39, 0.29) is 17.2 Å². The fourth-order valence-electron chi connectivity index (χ4n) is 3.27. The van der Waals surface area contributed by atoms with Crippen molar-refractivity contribution in [1.82, 2.24) is 9.97 Å². The first-order chi connectivity index (χ1) is 11.4. The molecular formula is C18H17N3O3. The highest BCUT2D eigenvalue weighted by Crippen LogP contribution is 2.35. The smallest absolute Gasteiger partial charge is 0.340 e. The molecule has 6 nitrogen and oxygen atoms in total. The monoisotopic (exact) mass is 323 g/mol. The van der Waals surface area contributed by atoms with E-state index in [0.717, 1.165) is 11.3 Å². The van der Waals surface area contributed by atoms with Crippen molar-refractivity contribution in [3.8, 4) is 0 Å². The summed E-state index contributed by atoms with van der Waals surface area (Å²) in [4.78, 5) is 32.8. The minimum atomic E-state index is -0.612. The number of benzene rings is 1. The molecule has 1 unspecified atom stereocenters. The molecule has 1 aromatic heterocycles. The number of anilines is 1. The molecule has 1 atom stereocenters. The highest BCUT2D eigenvalue weighted by atomic mass is 16.6. The van der Waals surface area contributed by atoms with Crippen LogP contribution < -0.4 is 5.32 Å². The zero-order chi connectivity index (χ0) is 16.9. The van der Waals surface area contributed by atoms with Crippen LogP contribution in [0.15, 0.2) is 30.5 Å². The van der Waals surface area contributed by atoms with Gasteiger partial charge in [0, 0.05) is 18.2 Å². The maximum atomic E-state index is 12.2. The largest absolute Gasteiger partial charge is 0.434 e. The van der Waals surface area contributed by atoms with E-state index in [1.165, 1.54) is 0 Å². The molecule has 2 aromatic rings. The molecule has 24 heavy (non-hydrogen) atoms. The Bertz CT molecular complexity index is 860. The van der Waals surface area contributed by atoms with Gasteiger partial charge in [-0.05, 0) is 17.9 Å². The maximum absolute atomic E-state index is 12.2. The van der Waals surface area contributed by atoms with Gasteiger partial charge in [0.1, 0.15) is 0 Å². The Morgan fingerprint density at radius 1 is 1.17 bits per heavy atom. The number of hydrogen-bond donors (Lipinski definition) is 1. The SMILES string of the molecule is CC1(C)CC(=O)c2cnc(NC3OC(=O)c4ccccc43)nc2C1. The number of cyclic esters (lactones) is 1. The van der Waals surface area contributed by atoms with E-state index in [2.05, 4.69) is 29.1 Å². The molecule has 2 aliphatic rings. The van der Waals surface area contributed by atoms with Crippen LogP contribution in [0.3, 0.4) is 0 Å². The second-order valence-corrected chi connectivity index (χ2v) is 7.01. The van der Waals surface area contributed by atoms with Crippen LogP contribution in [-0.4, -0.2) is 21.7 Å². The molecule has 1 aromatic carbocycles. The summed E-state index contributed by atoms with van der Waals surface area (Å²) in [5.74, 6) is 0.0663. The van der Waals surface area contributed by atoms with Gasteiger partial charge in [-0.25, -0.2) is 14.8 Å². The van der Waals surface area contributed by atoms with Gasteiger partial charge < -0.3 is 10.1 Å². The molecule has 0 saturated carbocycles. The van der Waals surface area contributed by atoms with Crippen molar-refractivity contribution in [1.29, 1.82) is 0 Å². The number of hydrogen-bond acceptors (Lipinski definition) is 6. The van der Waals surface area contributed by atoms with Crippen LogP contribution in [0.2, 0.25) is 0 Å². The number of aromatic nitrogens is 2. The number of ether oxygens (including phenoxy) is 1. The minimum Gasteiger partial charge on any atom is -0.434 e. The Morgan fingerprint density at radius 3 is 2.79 bits per heavy atom. The molecule has 0 spiro atoms. The topological polar surface area (TPSA) is 81.2 Å². The van der Waals surface area contributed by atoms with Gasteiger partial charge in [0.15, 0.2) is 5.78 Å². The number of nitrogens with zero attached hydrogens (tertiary/aromatic N) is 2. The van der Waals surface area contributed by atoms with E-state index in [0.29, 0.717) is 29.9 Å². The third-order valence-corrected chi connectivity index (χ3v) is 4.40. The summed E-state index contributed by atoms with van der Waals surface area (Å²) in [5, 5.41) is 3.04. The molecular weight excluding hydrogens is 306 g/mol. The van der Waals surface area contributed by atoms with Crippen LogP contribution in [0.4, 0.5) is 5.95 Å². The van der Waals surface area contributed by atoms with Crippen LogP contribution in [-0.2, 0) is 11.2 Å². The summed E-state index contributed by atoms with van der Waals surface area (Å²) in [6.45, 7) is 4.11. The first-order valence-electron chi connectivity index (χ1n) is 7.88. The molecule has 4 rings (SSSR count). The predicted octanol–water partition coefficient (Wildman–Crippen LogP) is 2.91. The average molecular weight is 323 g/mol. The summed E-state index contributed by atoms with van der Waals surface area (Å²) < 4.78 is 5.34. The number of carbonyl (C=O) groups excluding carboxylic acids is 2. The van der Waals surface area contributed by atoms with E-state index in [1.807, 2.05) is 12.1 Å². The van der Waals surface area contributed by atoms with E-state index in [1.54, 1.807) is 18.3 Å². The Morgan fingerprint density at radius 2 is 1.96 bits per heavy atom. The average Bonchev–Trinajstić information content (AvgIpc) is 2.82. The molecule has 0 bridgehead atoms. The quantitative estimate of drug-likeness (QED) is 0.856. The summed E-state index contributed by atoms with van der Waals surface area (Å²) in [6.07, 6.45) is 2.17. The van der Waals surface area contributed by atoms with Crippen LogP contribution in [0, 0.1) is 5.41 Å². The summed E-state index contributed by atoms with van der Waals surface area (Å²) in [5.41, 5.74) is 2.53. The predicted molar refractivity (Wildman–Crippen MR) is 86.7 cm³/mol. The van der Waals surface area contributed by atoms with Crippen LogP contribution in [0.25, 0.3) is 0 Å². The highest BCUT2D eigenvalue weighted by molar-refractivity contribution is 5.98. The Hall–Kier alpha value is -2.76. The second-order valence-electron chi connectivity index (χ2n) is 7.01. The lowest BCUT2D eigenvalue weighted by molar-refractivity contribution is 0.0436. The zero-order valence-corrected chi connectivity index (χ0v) is 13.5. The van der Waals surface area contributed by atoms with Gasteiger partial charge in [-0.1, -0.05) is 32.0 Å². The third kappa shape index (κ3) is 2.44. The van der Waals surface area contributed by atoms with Gasteiger partial charge in [0.05, 0.1) is 16.8 Å². The molecule has 1 aliphatic carbocycles.